The van der Waals surface area contributed by atoms with E-state index in [2.05, 4.69) is 21.2 Å². The van der Waals surface area contributed by atoms with Gasteiger partial charge < -0.3 is 10.1 Å². The Balaban J connectivity index is 1.87. The molecule has 4 heteroatoms. The fourth-order valence-corrected chi connectivity index (χ4v) is 2.58. The molecule has 3 nitrogen and oxygen atoms in total. The van der Waals surface area contributed by atoms with Gasteiger partial charge in [-0.15, -0.1) is 0 Å². The molecule has 0 heterocycles. The summed E-state index contributed by atoms with van der Waals surface area (Å²) in [6, 6.07) is 15.6. The van der Waals surface area contributed by atoms with Crippen LogP contribution in [0.5, 0.6) is 5.75 Å². The van der Waals surface area contributed by atoms with Gasteiger partial charge in [-0.1, -0.05) is 36.4 Å². The number of halogens is 1. The maximum Gasteiger partial charge on any atom is 0.258 e. The number of ether oxygens (including phenoxy) is 1. The summed E-state index contributed by atoms with van der Waals surface area (Å²) in [7, 11) is 0. The van der Waals surface area contributed by atoms with Gasteiger partial charge in [0.05, 0.1) is 10.5 Å². The average molecular weight is 348 g/mol. The molecule has 0 unspecified atom stereocenters. The first kappa shape index (κ1) is 15.6. The summed E-state index contributed by atoms with van der Waals surface area (Å²) in [5.41, 5.74) is 2.21. The van der Waals surface area contributed by atoms with Crippen molar-refractivity contribution in [2.45, 2.75) is 19.9 Å². The SMILES string of the molecule is Cc1ccc(OCC(=O)N[C@H](C)c2ccccc2)c(Br)c1. The highest BCUT2D eigenvalue weighted by Crippen LogP contribution is 2.25. The minimum Gasteiger partial charge on any atom is -0.483 e. The Hall–Kier alpha value is -1.81. The van der Waals surface area contributed by atoms with E-state index in [4.69, 9.17) is 4.74 Å². The van der Waals surface area contributed by atoms with Gasteiger partial charge in [0.25, 0.3) is 5.91 Å². The Morgan fingerprint density at radius 1 is 1.24 bits per heavy atom. The lowest BCUT2D eigenvalue weighted by atomic mass is 10.1. The minimum atomic E-state index is -0.140. The molecule has 1 amide bonds. The highest BCUT2D eigenvalue weighted by molar-refractivity contribution is 9.10. The van der Waals surface area contributed by atoms with Crippen LogP contribution in [0.1, 0.15) is 24.1 Å². The van der Waals surface area contributed by atoms with Crippen LogP contribution in [0.4, 0.5) is 0 Å². The van der Waals surface area contributed by atoms with Crippen LogP contribution in [0, 0.1) is 6.92 Å². The Bertz CT molecular complexity index is 613. The van der Waals surface area contributed by atoms with Gasteiger partial charge in [0.15, 0.2) is 6.61 Å². The lowest BCUT2D eigenvalue weighted by Crippen LogP contribution is -2.31. The van der Waals surface area contributed by atoms with Gasteiger partial charge in [-0.2, -0.15) is 0 Å². The summed E-state index contributed by atoms with van der Waals surface area (Å²) >= 11 is 3.43. The Morgan fingerprint density at radius 2 is 1.95 bits per heavy atom. The maximum absolute atomic E-state index is 11.9. The molecule has 2 rings (SSSR count). The van der Waals surface area contributed by atoms with Crippen molar-refractivity contribution in [1.29, 1.82) is 0 Å². The highest BCUT2D eigenvalue weighted by atomic mass is 79.9. The highest BCUT2D eigenvalue weighted by Gasteiger charge is 2.10. The molecule has 0 bridgehead atoms. The summed E-state index contributed by atoms with van der Waals surface area (Å²) in [4.78, 5) is 11.9. The third-order valence-electron chi connectivity index (χ3n) is 3.12. The van der Waals surface area contributed by atoms with Crippen molar-refractivity contribution >= 4 is 21.8 Å². The van der Waals surface area contributed by atoms with Crippen LogP contribution in [0.2, 0.25) is 0 Å². The van der Waals surface area contributed by atoms with E-state index in [0.717, 1.165) is 15.6 Å². The Kier molecular flexibility index (Phi) is 5.39. The van der Waals surface area contributed by atoms with Gasteiger partial charge in [0, 0.05) is 0 Å². The van der Waals surface area contributed by atoms with Crippen molar-refractivity contribution < 1.29 is 9.53 Å². The normalized spacial score (nSPS) is 11.8. The molecule has 0 aliphatic carbocycles. The first-order chi connectivity index (χ1) is 10.1. The molecule has 0 saturated heterocycles. The fraction of sp³-hybridized carbons (Fsp3) is 0.235. The van der Waals surface area contributed by atoms with Gasteiger partial charge in [0.2, 0.25) is 0 Å². The van der Waals surface area contributed by atoms with Crippen LogP contribution in [-0.2, 0) is 4.79 Å². The first-order valence-corrected chi connectivity index (χ1v) is 7.59. The molecular weight excluding hydrogens is 330 g/mol. The minimum absolute atomic E-state index is 0.00116. The van der Waals surface area contributed by atoms with Crippen molar-refractivity contribution in [2.24, 2.45) is 0 Å². The monoisotopic (exact) mass is 347 g/mol. The molecule has 0 fully saturated rings. The van der Waals surface area contributed by atoms with E-state index in [0.29, 0.717) is 5.75 Å². The average Bonchev–Trinajstić information content (AvgIpc) is 2.47. The zero-order valence-electron chi connectivity index (χ0n) is 12.1. The first-order valence-electron chi connectivity index (χ1n) is 6.79. The number of rotatable bonds is 5. The molecule has 110 valence electrons. The number of hydrogen-bond donors (Lipinski definition) is 1. The van der Waals surface area contributed by atoms with Crippen LogP contribution < -0.4 is 10.1 Å². The van der Waals surface area contributed by atoms with Crippen LogP contribution >= 0.6 is 15.9 Å². The number of nitrogens with one attached hydrogen (secondary N) is 1. The zero-order valence-corrected chi connectivity index (χ0v) is 13.7. The van der Waals surface area contributed by atoms with Crippen molar-refractivity contribution in [3.05, 3.63) is 64.1 Å². The fourth-order valence-electron chi connectivity index (χ4n) is 1.97. The summed E-state index contributed by atoms with van der Waals surface area (Å²) < 4.78 is 6.38. The van der Waals surface area contributed by atoms with E-state index in [1.54, 1.807) is 0 Å². The molecule has 1 atom stereocenters. The molecule has 0 aliphatic rings. The summed E-state index contributed by atoms with van der Waals surface area (Å²) in [5.74, 6) is 0.530. The second kappa shape index (κ2) is 7.27. The molecule has 0 spiro atoms. The van der Waals surface area contributed by atoms with E-state index in [1.165, 1.54) is 0 Å². The van der Waals surface area contributed by atoms with Gasteiger partial charge in [-0.25, -0.2) is 0 Å². The van der Waals surface area contributed by atoms with Crippen LogP contribution in [0.25, 0.3) is 0 Å². The van der Waals surface area contributed by atoms with E-state index in [-0.39, 0.29) is 18.6 Å². The quantitative estimate of drug-likeness (QED) is 0.887. The lowest BCUT2D eigenvalue weighted by Gasteiger charge is -2.15. The van der Waals surface area contributed by atoms with Crippen molar-refractivity contribution in [2.75, 3.05) is 6.61 Å². The molecular formula is C17H18BrNO2. The number of hydrogen-bond acceptors (Lipinski definition) is 2. The molecule has 0 radical (unpaired) electrons. The number of amides is 1. The van der Waals surface area contributed by atoms with Gasteiger partial charge in [-0.05, 0) is 53.0 Å². The van der Waals surface area contributed by atoms with Crippen LogP contribution in [0.15, 0.2) is 53.0 Å². The molecule has 2 aromatic rings. The van der Waals surface area contributed by atoms with Gasteiger partial charge >= 0.3 is 0 Å². The summed E-state index contributed by atoms with van der Waals surface area (Å²) in [5, 5.41) is 2.92. The van der Waals surface area contributed by atoms with E-state index >= 15 is 0 Å². The summed E-state index contributed by atoms with van der Waals surface area (Å²) in [6.45, 7) is 3.96. The van der Waals surface area contributed by atoms with Crippen molar-refractivity contribution in [1.82, 2.24) is 5.32 Å². The number of aryl methyl sites for hydroxylation is 1. The number of benzene rings is 2. The lowest BCUT2D eigenvalue weighted by molar-refractivity contribution is -0.123. The van der Waals surface area contributed by atoms with Crippen molar-refractivity contribution in [3.63, 3.8) is 0 Å². The van der Waals surface area contributed by atoms with Gasteiger partial charge in [-0.3, -0.25) is 4.79 Å². The molecule has 0 aromatic heterocycles. The summed E-state index contributed by atoms with van der Waals surface area (Å²) in [6.07, 6.45) is 0. The molecule has 0 aliphatic heterocycles. The Morgan fingerprint density at radius 3 is 2.62 bits per heavy atom. The van der Waals surface area contributed by atoms with E-state index in [1.807, 2.05) is 62.4 Å². The predicted molar refractivity (Wildman–Crippen MR) is 87.4 cm³/mol. The van der Waals surface area contributed by atoms with Crippen LogP contribution in [0.3, 0.4) is 0 Å². The molecule has 21 heavy (non-hydrogen) atoms. The topological polar surface area (TPSA) is 38.3 Å². The smallest absolute Gasteiger partial charge is 0.258 e. The molecule has 1 N–H and O–H groups in total. The maximum atomic E-state index is 11.9. The third kappa shape index (κ3) is 4.60. The molecule has 0 saturated carbocycles. The Labute approximate surface area is 133 Å². The van der Waals surface area contributed by atoms with E-state index < -0.39 is 0 Å². The third-order valence-corrected chi connectivity index (χ3v) is 3.74. The largest absolute Gasteiger partial charge is 0.483 e. The zero-order chi connectivity index (χ0) is 15.2. The predicted octanol–water partition coefficient (Wildman–Crippen LogP) is 4.01. The second-order valence-electron chi connectivity index (χ2n) is 4.92. The number of carbonyl (C=O) groups is 1. The van der Waals surface area contributed by atoms with Crippen molar-refractivity contribution in [3.8, 4) is 5.75 Å². The standard InChI is InChI=1S/C17H18BrNO2/c1-12-8-9-16(15(18)10-12)21-11-17(20)19-13(2)14-6-4-3-5-7-14/h3-10,13H,11H2,1-2H3,(H,19,20)/t13-/m1/s1. The number of carbonyl (C=O) groups excluding carboxylic acids is 1. The second-order valence-corrected chi connectivity index (χ2v) is 5.78. The van der Waals surface area contributed by atoms with Gasteiger partial charge in [0.1, 0.15) is 5.75 Å². The molecule has 2 aromatic carbocycles. The van der Waals surface area contributed by atoms with Crippen LogP contribution in [-0.4, -0.2) is 12.5 Å². The van der Waals surface area contributed by atoms with E-state index in [9.17, 15) is 4.79 Å².